The van der Waals surface area contributed by atoms with Crippen molar-refractivity contribution >= 4 is 17.7 Å². The first-order valence-corrected chi connectivity index (χ1v) is 6.00. The highest BCUT2D eigenvalue weighted by atomic mass is 32.2. The third kappa shape index (κ3) is 4.24. The number of methoxy groups -OCH3 is 1. The van der Waals surface area contributed by atoms with E-state index in [1.165, 1.54) is 11.8 Å². The second kappa shape index (κ2) is 6.55. The van der Waals surface area contributed by atoms with Crippen LogP contribution in [0.1, 0.15) is 6.92 Å². The van der Waals surface area contributed by atoms with Crippen molar-refractivity contribution in [3.63, 3.8) is 0 Å². The van der Waals surface area contributed by atoms with Crippen LogP contribution in [0.5, 0.6) is 0 Å². The van der Waals surface area contributed by atoms with Crippen LogP contribution in [-0.2, 0) is 16.6 Å². The van der Waals surface area contributed by atoms with E-state index >= 15 is 0 Å². The van der Waals surface area contributed by atoms with Gasteiger partial charge in [-0.15, -0.1) is 0 Å². The van der Waals surface area contributed by atoms with Crippen molar-refractivity contribution in [2.45, 2.75) is 18.1 Å². The van der Waals surface area contributed by atoms with E-state index in [9.17, 15) is 4.79 Å². The van der Waals surface area contributed by atoms with Gasteiger partial charge in [0.1, 0.15) is 0 Å². The molecule has 6 heteroatoms. The number of carbonyl (C=O) groups excluding carboxylic acids is 1. The van der Waals surface area contributed by atoms with Crippen LogP contribution in [0, 0.1) is 0 Å². The maximum atomic E-state index is 11.5. The molecule has 0 saturated heterocycles. The maximum Gasteiger partial charge on any atom is 0.230 e. The van der Waals surface area contributed by atoms with Gasteiger partial charge in [-0.05, 0) is 6.92 Å². The fourth-order valence-electron chi connectivity index (χ4n) is 1.23. The molecule has 16 heavy (non-hydrogen) atoms. The molecule has 0 spiro atoms. The Bertz CT molecular complexity index is 341. The van der Waals surface area contributed by atoms with Gasteiger partial charge in [0, 0.05) is 32.6 Å². The summed E-state index contributed by atoms with van der Waals surface area (Å²) in [5.74, 6) is 0.372. The molecule has 90 valence electrons. The Morgan fingerprint density at radius 1 is 1.75 bits per heavy atom. The van der Waals surface area contributed by atoms with Crippen molar-refractivity contribution in [2.24, 2.45) is 7.05 Å². The Balaban J connectivity index is 2.28. The molecule has 1 N–H and O–H groups in total. The molecule has 0 aliphatic rings. The first-order chi connectivity index (χ1) is 7.63. The molecule has 0 saturated carbocycles. The van der Waals surface area contributed by atoms with Gasteiger partial charge in [0.2, 0.25) is 5.91 Å². The minimum Gasteiger partial charge on any atom is -0.383 e. The standard InChI is InChI=1S/C10H17N3O2S/c1-8(6-15-3)12-9(14)7-16-10-11-4-5-13(10)2/h4-5,8H,6-7H2,1-3H3,(H,12,14)/t8-/m1/s1. The molecule has 0 unspecified atom stereocenters. The van der Waals surface area contributed by atoms with Gasteiger partial charge in [-0.25, -0.2) is 4.98 Å². The minimum atomic E-state index is -0.00227. The largest absolute Gasteiger partial charge is 0.383 e. The van der Waals surface area contributed by atoms with E-state index in [0.717, 1.165) is 5.16 Å². The number of thioether (sulfide) groups is 1. The number of nitrogens with zero attached hydrogens (tertiary/aromatic N) is 2. The molecule has 1 aromatic heterocycles. The van der Waals surface area contributed by atoms with Crippen molar-refractivity contribution < 1.29 is 9.53 Å². The van der Waals surface area contributed by atoms with Crippen LogP contribution in [0.2, 0.25) is 0 Å². The van der Waals surface area contributed by atoms with Crippen molar-refractivity contribution in [3.05, 3.63) is 12.4 Å². The third-order valence-electron chi connectivity index (χ3n) is 1.93. The summed E-state index contributed by atoms with van der Waals surface area (Å²) in [7, 11) is 3.52. The number of hydrogen-bond acceptors (Lipinski definition) is 4. The normalized spacial score (nSPS) is 12.4. The molecule has 0 aromatic carbocycles. The number of imidazole rings is 1. The van der Waals surface area contributed by atoms with Crippen LogP contribution in [0.15, 0.2) is 17.6 Å². The van der Waals surface area contributed by atoms with Gasteiger partial charge in [-0.2, -0.15) is 0 Å². The quantitative estimate of drug-likeness (QED) is 0.746. The number of carbonyl (C=O) groups is 1. The van der Waals surface area contributed by atoms with E-state index in [2.05, 4.69) is 10.3 Å². The van der Waals surface area contributed by atoms with Crippen molar-refractivity contribution in [3.8, 4) is 0 Å². The summed E-state index contributed by atoms with van der Waals surface area (Å²) < 4.78 is 6.82. The lowest BCUT2D eigenvalue weighted by Crippen LogP contribution is -2.36. The molecule has 1 aromatic rings. The van der Waals surface area contributed by atoms with Gasteiger partial charge in [-0.3, -0.25) is 4.79 Å². The fraction of sp³-hybridized carbons (Fsp3) is 0.600. The molecule has 0 aliphatic carbocycles. The Kier molecular flexibility index (Phi) is 5.34. The van der Waals surface area contributed by atoms with Gasteiger partial charge in [0.05, 0.1) is 12.4 Å². The first kappa shape index (κ1) is 13.1. The average Bonchev–Trinajstić information content (AvgIpc) is 2.61. The lowest BCUT2D eigenvalue weighted by Gasteiger charge is -2.12. The maximum absolute atomic E-state index is 11.5. The molecule has 0 aliphatic heterocycles. The molecule has 1 heterocycles. The zero-order valence-electron chi connectivity index (χ0n) is 9.77. The smallest absolute Gasteiger partial charge is 0.230 e. The zero-order valence-corrected chi connectivity index (χ0v) is 10.6. The van der Waals surface area contributed by atoms with E-state index < -0.39 is 0 Å². The second-order valence-corrected chi connectivity index (χ2v) is 4.48. The van der Waals surface area contributed by atoms with Crippen LogP contribution in [0.25, 0.3) is 0 Å². The van der Waals surface area contributed by atoms with Crippen LogP contribution >= 0.6 is 11.8 Å². The lowest BCUT2D eigenvalue weighted by molar-refractivity contribution is -0.119. The molecule has 0 radical (unpaired) electrons. The SMILES string of the molecule is COC[C@@H](C)NC(=O)CSc1nccn1C. The highest BCUT2D eigenvalue weighted by molar-refractivity contribution is 7.99. The summed E-state index contributed by atoms with van der Waals surface area (Å²) in [5, 5.41) is 3.68. The molecular weight excluding hydrogens is 226 g/mol. The Morgan fingerprint density at radius 3 is 3.06 bits per heavy atom. The van der Waals surface area contributed by atoms with E-state index in [1.807, 2.05) is 24.7 Å². The summed E-state index contributed by atoms with van der Waals surface area (Å²) in [6.45, 7) is 2.44. The van der Waals surface area contributed by atoms with Crippen LogP contribution < -0.4 is 5.32 Å². The predicted molar refractivity (Wildman–Crippen MR) is 63.4 cm³/mol. The summed E-state index contributed by atoms with van der Waals surface area (Å²) >= 11 is 1.42. The molecule has 1 rings (SSSR count). The van der Waals surface area contributed by atoms with Gasteiger partial charge >= 0.3 is 0 Å². The molecule has 0 bridgehead atoms. The molecule has 1 atom stereocenters. The number of aromatic nitrogens is 2. The van der Waals surface area contributed by atoms with E-state index in [4.69, 9.17) is 4.74 Å². The van der Waals surface area contributed by atoms with Crippen LogP contribution in [0.3, 0.4) is 0 Å². The van der Waals surface area contributed by atoms with Gasteiger partial charge in [-0.1, -0.05) is 11.8 Å². The van der Waals surface area contributed by atoms with Crippen LogP contribution in [0.4, 0.5) is 0 Å². The van der Waals surface area contributed by atoms with Gasteiger partial charge in [0.25, 0.3) is 0 Å². The Hall–Kier alpha value is -1.01. The molecule has 1 amide bonds. The number of ether oxygens (including phenoxy) is 1. The summed E-state index contributed by atoms with van der Waals surface area (Å²) in [6, 6.07) is 0.0412. The minimum absolute atomic E-state index is 0.00227. The zero-order chi connectivity index (χ0) is 12.0. The Labute approximate surface area is 99.6 Å². The Morgan fingerprint density at radius 2 is 2.50 bits per heavy atom. The van der Waals surface area contributed by atoms with E-state index in [1.54, 1.807) is 13.3 Å². The molecule has 5 nitrogen and oxygen atoms in total. The number of amides is 1. The lowest BCUT2D eigenvalue weighted by atomic mass is 10.3. The number of aryl methyl sites for hydroxylation is 1. The number of rotatable bonds is 6. The fourth-order valence-corrected chi connectivity index (χ4v) is 1.97. The number of nitrogens with one attached hydrogen (secondary N) is 1. The van der Waals surface area contributed by atoms with Crippen molar-refractivity contribution in [1.29, 1.82) is 0 Å². The molecular formula is C10H17N3O2S. The highest BCUT2D eigenvalue weighted by Crippen LogP contribution is 2.13. The van der Waals surface area contributed by atoms with Crippen LogP contribution in [-0.4, -0.2) is 41.0 Å². The van der Waals surface area contributed by atoms with E-state index in [0.29, 0.717) is 12.4 Å². The summed E-state index contributed by atoms with van der Waals surface area (Å²) in [5.41, 5.74) is 0. The first-order valence-electron chi connectivity index (χ1n) is 5.02. The van der Waals surface area contributed by atoms with Gasteiger partial charge < -0.3 is 14.6 Å². The summed E-state index contributed by atoms with van der Waals surface area (Å²) in [6.07, 6.45) is 3.57. The van der Waals surface area contributed by atoms with E-state index in [-0.39, 0.29) is 11.9 Å². The van der Waals surface area contributed by atoms with Crippen molar-refractivity contribution in [2.75, 3.05) is 19.5 Å². The van der Waals surface area contributed by atoms with Crippen molar-refractivity contribution in [1.82, 2.24) is 14.9 Å². The third-order valence-corrected chi connectivity index (χ3v) is 2.99. The predicted octanol–water partition coefficient (Wildman–Crippen LogP) is 0.663. The average molecular weight is 243 g/mol. The number of hydrogen-bond donors (Lipinski definition) is 1. The second-order valence-electron chi connectivity index (χ2n) is 3.53. The monoisotopic (exact) mass is 243 g/mol. The molecule has 0 fully saturated rings. The topological polar surface area (TPSA) is 56.1 Å². The van der Waals surface area contributed by atoms with Gasteiger partial charge in [0.15, 0.2) is 5.16 Å². The highest BCUT2D eigenvalue weighted by Gasteiger charge is 2.08. The summed E-state index contributed by atoms with van der Waals surface area (Å²) in [4.78, 5) is 15.6.